The van der Waals surface area contributed by atoms with E-state index in [0.29, 0.717) is 12.8 Å². The molecule has 0 aromatic rings. The number of carbonyl (C=O) groups is 3. The summed E-state index contributed by atoms with van der Waals surface area (Å²) in [6, 6.07) is -0.345. The number of carbonyl (C=O) groups excluding carboxylic acids is 2. The molecule has 0 fully saturated rings. The molecule has 0 aliphatic heterocycles. The number of nitrogens with one attached hydrogen (secondary N) is 2. The van der Waals surface area contributed by atoms with Gasteiger partial charge in [-0.3, -0.25) is 14.9 Å². The normalized spacial score (nSPS) is 11.7. The number of hydrogen-bond donors (Lipinski definition) is 3. The van der Waals surface area contributed by atoms with Crippen molar-refractivity contribution >= 4 is 17.9 Å². The highest BCUT2D eigenvalue weighted by molar-refractivity contribution is 5.94. The summed E-state index contributed by atoms with van der Waals surface area (Å²) in [6.07, 6.45) is 6.07. The highest BCUT2D eigenvalue weighted by Gasteiger charge is 2.13. The number of carboxylic acid groups (broad SMARTS) is 1. The molecule has 0 aromatic heterocycles. The fourth-order valence-corrected chi connectivity index (χ4v) is 2.06. The van der Waals surface area contributed by atoms with E-state index in [1.165, 1.54) is 0 Å². The van der Waals surface area contributed by atoms with Crippen LogP contribution in [0.2, 0.25) is 0 Å². The quantitative estimate of drug-likeness (QED) is 0.511. The number of urea groups is 1. The average Bonchev–Trinajstić information content (AvgIpc) is 2.41. The SMILES string of the molecule is CCCCC(CCC)NC(=O)NC(=O)CCCCC(=O)O. The highest BCUT2D eigenvalue weighted by atomic mass is 16.4. The first-order valence-corrected chi connectivity index (χ1v) is 7.81. The first-order chi connectivity index (χ1) is 9.99. The molecule has 0 spiro atoms. The minimum Gasteiger partial charge on any atom is -0.481 e. The van der Waals surface area contributed by atoms with E-state index in [2.05, 4.69) is 24.5 Å². The van der Waals surface area contributed by atoms with E-state index in [-0.39, 0.29) is 24.8 Å². The maximum absolute atomic E-state index is 11.7. The van der Waals surface area contributed by atoms with Crippen LogP contribution in [-0.4, -0.2) is 29.1 Å². The Morgan fingerprint density at radius 3 is 2.19 bits per heavy atom. The third-order valence-electron chi connectivity index (χ3n) is 3.18. The monoisotopic (exact) mass is 300 g/mol. The molecule has 0 saturated heterocycles. The number of amides is 3. The van der Waals surface area contributed by atoms with Crippen LogP contribution in [0.15, 0.2) is 0 Å². The van der Waals surface area contributed by atoms with Crippen LogP contribution in [0.3, 0.4) is 0 Å². The van der Waals surface area contributed by atoms with Crippen LogP contribution in [0, 0.1) is 0 Å². The van der Waals surface area contributed by atoms with Gasteiger partial charge in [0.25, 0.3) is 0 Å². The van der Waals surface area contributed by atoms with E-state index < -0.39 is 12.0 Å². The Labute approximate surface area is 126 Å². The summed E-state index contributed by atoms with van der Waals surface area (Å²) in [4.78, 5) is 33.6. The van der Waals surface area contributed by atoms with Crippen LogP contribution in [0.5, 0.6) is 0 Å². The zero-order valence-electron chi connectivity index (χ0n) is 13.1. The Morgan fingerprint density at radius 1 is 0.952 bits per heavy atom. The summed E-state index contributed by atoms with van der Waals surface area (Å²) in [6.45, 7) is 4.16. The van der Waals surface area contributed by atoms with Gasteiger partial charge >= 0.3 is 12.0 Å². The van der Waals surface area contributed by atoms with Gasteiger partial charge in [0.2, 0.25) is 5.91 Å². The maximum atomic E-state index is 11.7. The van der Waals surface area contributed by atoms with Gasteiger partial charge in [-0.2, -0.15) is 0 Å². The molecule has 0 aliphatic carbocycles. The number of rotatable bonds is 11. The smallest absolute Gasteiger partial charge is 0.321 e. The zero-order chi connectivity index (χ0) is 16.1. The molecule has 0 saturated carbocycles. The average molecular weight is 300 g/mol. The first-order valence-electron chi connectivity index (χ1n) is 7.81. The van der Waals surface area contributed by atoms with Crippen molar-refractivity contribution in [2.75, 3.05) is 0 Å². The standard InChI is InChI=1S/C15H28N2O4/c1-3-5-9-12(8-4-2)16-15(21)17-13(18)10-6-7-11-14(19)20/h12H,3-11H2,1-2H3,(H,19,20)(H2,16,17,18,21). The van der Waals surface area contributed by atoms with Gasteiger partial charge in [-0.25, -0.2) is 4.79 Å². The van der Waals surface area contributed by atoms with E-state index in [1.54, 1.807) is 0 Å². The van der Waals surface area contributed by atoms with E-state index in [4.69, 9.17) is 5.11 Å². The molecule has 6 nitrogen and oxygen atoms in total. The predicted octanol–water partition coefficient (Wildman–Crippen LogP) is 2.82. The van der Waals surface area contributed by atoms with E-state index in [9.17, 15) is 14.4 Å². The fraction of sp³-hybridized carbons (Fsp3) is 0.800. The number of aliphatic carboxylic acids is 1. The first kappa shape index (κ1) is 19.4. The zero-order valence-corrected chi connectivity index (χ0v) is 13.1. The Balaban J connectivity index is 3.92. The van der Waals surface area contributed by atoms with E-state index in [1.807, 2.05) is 0 Å². The van der Waals surface area contributed by atoms with Gasteiger partial charge in [0.15, 0.2) is 0 Å². The Morgan fingerprint density at radius 2 is 1.62 bits per heavy atom. The summed E-state index contributed by atoms with van der Waals surface area (Å²) < 4.78 is 0. The van der Waals surface area contributed by atoms with Crippen molar-refractivity contribution in [3.63, 3.8) is 0 Å². The van der Waals surface area contributed by atoms with Crippen LogP contribution in [-0.2, 0) is 9.59 Å². The van der Waals surface area contributed by atoms with Crippen molar-refractivity contribution in [2.45, 2.75) is 77.7 Å². The Hall–Kier alpha value is -1.59. The second kappa shape index (κ2) is 12.2. The van der Waals surface area contributed by atoms with Crippen molar-refractivity contribution in [3.8, 4) is 0 Å². The number of hydrogen-bond acceptors (Lipinski definition) is 3. The molecule has 0 rings (SSSR count). The number of unbranched alkanes of at least 4 members (excludes halogenated alkanes) is 2. The van der Waals surface area contributed by atoms with Crippen LogP contribution >= 0.6 is 0 Å². The topological polar surface area (TPSA) is 95.5 Å². The largest absolute Gasteiger partial charge is 0.481 e. The second-order valence-corrected chi connectivity index (χ2v) is 5.25. The van der Waals surface area contributed by atoms with Crippen LogP contribution in [0.1, 0.15) is 71.6 Å². The third kappa shape index (κ3) is 11.9. The van der Waals surface area contributed by atoms with Crippen molar-refractivity contribution in [3.05, 3.63) is 0 Å². The summed E-state index contributed by atoms with van der Waals surface area (Å²) in [5.41, 5.74) is 0. The molecule has 1 unspecified atom stereocenters. The van der Waals surface area contributed by atoms with Crippen LogP contribution in [0.25, 0.3) is 0 Å². The lowest BCUT2D eigenvalue weighted by atomic mass is 10.1. The molecule has 0 radical (unpaired) electrons. The molecule has 1 atom stereocenters. The van der Waals surface area contributed by atoms with E-state index >= 15 is 0 Å². The number of imide groups is 1. The van der Waals surface area contributed by atoms with Crippen molar-refractivity contribution in [1.82, 2.24) is 10.6 Å². The lowest BCUT2D eigenvalue weighted by molar-refractivity contribution is -0.137. The molecule has 3 amide bonds. The van der Waals surface area contributed by atoms with Gasteiger partial charge in [0.1, 0.15) is 0 Å². The molecule has 122 valence electrons. The summed E-state index contributed by atoms with van der Waals surface area (Å²) >= 11 is 0. The van der Waals surface area contributed by atoms with Crippen molar-refractivity contribution in [2.24, 2.45) is 0 Å². The minimum atomic E-state index is -0.869. The highest BCUT2D eigenvalue weighted by Crippen LogP contribution is 2.06. The van der Waals surface area contributed by atoms with Crippen molar-refractivity contribution in [1.29, 1.82) is 0 Å². The molecular weight excluding hydrogens is 272 g/mol. The molecular formula is C15H28N2O4. The number of carboxylic acids is 1. The van der Waals surface area contributed by atoms with Crippen molar-refractivity contribution < 1.29 is 19.5 Å². The van der Waals surface area contributed by atoms with Crippen LogP contribution < -0.4 is 10.6 Å². The van der Waals surface area contributed by atoms with Gasteiger partial charge < -0.3 is 10.4 Å². The third-order valence-corrected chi connectivity index (χ3v) is 3.18. The summed E-state index contributed by atoms with van der Waals surface area (Å²) in [5, 5.41) is 13.6. The lowest BCUT2D eigenvalue weighted by Gasteiger charge is -2.17. The lowest BCUT2D eigenvalue weighted by Crippen LogP contribution is -2.44. The molecule has 6 heteroatoms. The summed E-state index contributed by atoms with van der Waals surface area (Å²) in [5.74, 6) is -1.23. The maximum Gasteiger partial charge on any atom is 0.321 e. The summed E-state index contributed by atoms with van der Waals surface area (Å²) in [7, 11) is 0. The van der Waals surface area contributed by atoms with E-state index in [0.717, 1.165) is 32.1 Å². The van der Waals surface area contributed by atoms with Crippen LogP contribution in [0.4, 0.5) is 4.79 Å². The molecule has 21 heavy (non-hydrogen) atoms. The molecule has 0 bridgehead atoms. The molecule has 3 N–H and O–H groups in total. The molecule has 0 aromatic carbocycles. The second-order valence-electron chi connectivity index (χ2n) is 5.25. The van der Waals surface area contributed by atoms with Gasteiger partial charge in [-0.1, -0.05) is 33.1 Å². The van der Waals surface area contributed by atoms with Gasteiger partial charge in [-0.05, 0) is 25.7 Å². The Bertz CT molecular complexity index is 332. The predicted molar refractivity (Wildman–Crippen MR) is 81.0 cm³/mol. The Kier molecular flexibility index (Phi) is 11.3. The molecule has 0 heterocycles. The molecule has 0 aliphatic rings. The van der Waals surface area contributed by atoms with Gasteiger partial charge in [0.05, 0.1) is 0 Å². The minimum absolute atomic E-state index is 0.0507. The van der Waals surface area contributed by atoms with Gasteiger partial charge in [0, 0.05) is 18.9 Å². The van der Waals surface area contributed by atoms with Gasteiger partial charge in [-0.15, -0.1) is 0 Å². The fourth-order valence-electron chi connectivity index (χ4n) is 2.06.